The molecule has 9 nitrogen and oxygen atoms in total. The predicted octanol–water partition coefficient (Wildman–Crippen LogP) is 2.04. The lowest BCUT2D eigenvalue weighted by molar-refractivity contribution is -0.114. The van der Waals surface area contributed by atoms with Crippen molar-refractivity contribution >= 4 is 33.2 Å². The minimum atomic E-state index is -3.71. The van der Waals surface area contributed by atoms with Crippen LogP contribution in [-0.4, -0.2) is 57.2 Å². The Morgan fingerprint density at radius 2 is 1.90 bits per heavy atom. The summed E-state index contributed by atoms with van der Waals surface area (Å²) in [6.07, 6.45) is 0.963. The molecule has 0 aromatic heterocycles. The van der Waals surface area contributed by atoms with Gasteiger partial charge < -0.3 is 14.8 Å². The van der Waals surface area contributed by atoms with Crippen molar-refractivity contribution in [3.05, 3.63) is 53.1 Å². The van der Waals surface area contributed by atoms with E-state index in [2.05, 4.69) is 5.32 Å². The number of benzene rings is 2. The smallest absolute Gasteiger partial charge is 0.264 e. The van der Waals surface area contributed by atoms with Crippen LogP contribution in [0.4, 0.5) is 5.69 Å². The number of ether oxygens (including phenoxy) is 2. The number of hydrogen-bond donors (Lipinski definition) is 1. The number of amides is 3. The molecule has 0 fully saturated rings. The van der Waals surface area contributed by atoms with Gasteiger partial charge in [0.25, 0.3) is 11.8 Å². The summed E-state index contributed by atoms with van der Waals surface area (Å²) in [6, 6.07) is 7.04. The zero-order valence-corrected chi connectivity index (χ0v) is 17.8. The fraction of sp³-hybridized carbons (Fsp3) is 0.286. The fourth-order valence-electron chi connectivity index (χ4n) is 3.46. The first-order valence-electron chi connectivity index (χ1n) is 10.5. The SMILES string of the molecule is [2H]C([2H])([2H])Oc1ccc(C(CS(C)(=O)=O)N2C(=O)c3cccc(NC(C)=O)c3C2=O)cc1OC. The maximum Gasteiger partial charge on any atom is 0.264 e. The summed E-state index contributed by atoms with van der Waals surface area (Å²) >= 11 is 0. The molecule has 1 heterocycles. The molecule has 2 aromatic carbocycles. The molecule has 1 atom stereocenters. The molecule has 3 amide bonds. The van der Waals surface area contributed by atoms with E-state index < -0.39 is 46.4 Å². The van der Waals surface area contributed by atoms with Gasteiger partial charge in [-0.05, 0) is 29.8 Å². The Bertz CT molecular complexity index is 1280. The van der Waals surface area contributed by atoms with Gasteiger partial charge in [-0.15, -0.1) is 0 Å². The second kappa shape index (κ2) is 8.38. The molecule has 0 aliphatic carbocycles. The van der Waals surface area contributed by atoms with E-state index in [-0.39, 0.29) is 33.9 Å². The van der Waals surface area contributed by atoms with Crippen molar-refractivity contribution in [3.63, 3.8) is 0 Å². The van der Waals surface area contributed by atoms with Crippen LogP contribution in [0, 0.1) is 0 Å². The molecule has 0 radical (unpaired) electrons. The molecule has 2 aromatic rings. The van der Waals surface area contributed by atoms with Gasteiger partial charge >= 0.3 is 0 Å². The number of carbonyl (C=O) groups is 3. The topological polar surface area (TPSA) is 119 Å². The number of imide groups is 1. The third kappa shape index (κ3) is 4.38. The van der Waals surface area contributed by atoms with Crippen molar-refractivity contribution in [3.8, 4) is 11.5 Å². The molecule has 0 bridgehead atoms. The van der Waals surface area contributed by atoms with Gasteiger partial charge in [-0.3, -0.25) is 19.3 Å². The van der Waals surface area contributed by atoms with Crippen LogP contribution in [0.5, 0.6) is 11.5 Å². The minimum Gasteiger partial charge on any atom is -0.493 e. The van der Waals surface area contributed by atoms with Gasteiger partial charge in [0.15, 0.2) is 11.5 Å². The molecule has 31 heavy (non-hydrogen) atoms. The maximum atomic E-state index is 13.3. The number of anilines is 1. The number of sulfone groups is 1. The summed E-state index contributed by atoms with van der Waals surface area (Å²) in [5.41, 5.74) is 0.304. The number of rotatable bonds is 7. The standard InChI is InChI=1S/C21H22N2O7S/c1-12(24)22-15-7-5-6-14-19(15)21(26)23(20(14)25)16(11-31(4,27)28)13-8-9-17(29-2)18(10-13)30-3/h5-10,16H,11H2,1-4H3,(H,22,24)/i2D3. The lowest BCUT2D eigenvalue weighted by atomic mass is 10.1. The maximum absolute atomic E-state index is 13.3. The van der Waals surface area contributed by atoms with Gasteiger partial charge in [0.05, 0.1) is 46.9 Å². The molecule has 3 rings (SSSR count). The second-order valence-electron chi connectivity index (χ2n) is 7.01. The Kier molecular flexibility index (Phi) is 4.97. The zero-order valence-electron chi connectivity index (χ0n) is 20.0. The van der Waals surface area contributed by atoms with Crippen LogP contribution in [0.2, 0.25) is 0 Å². The van der Waals surface area contributed by atoms with E-state index in [1.165, 1.54) is 50.4 Å². The summed E-state index contributed by atoms with van der Waals surface area (Å²) in [7, 11) is -5.21. The van der Waals surface area contributed by atoms with Crippen LogP contribution in [0.25, 0.3) is 0 Å². The van der Waals surface area contributed by atoms with Crippen LogP contribution in [0.3, 0.4) is 0 Å². The van der Waals surface area contributed by atoms with E-state index in [0.717, 1.165) is 11.2 Å². The first kappa shape index (κ1) is 18.4. The monoisotopic (exact) mass is 449 g/mol. The predicted molar refractivity (Wildman–Crippen MR) is 113 cm³/mol. The van der Waals surface area contributed by atoms with E-state index in [4.69, 9.17) is 13.6 Å². The number of fused-ring (bicyclic) bond motifs is 1. The van der Waals surface area contributed by atoms with Crippen molar-refractivity contribution in [1.82, 2.24) is 4.90 Å². The highest BCUT2D eigenvalue weighted by Crippen LogP contribution is 2.38. The largest absolute Gasteiger partial charge is 0.493 e. The average Bonchev–Trinajstić information content (AvgIpc) is 2.95. The summed E-state index contributed by atoms with van der Waals surface area (Å²) in [5, 5.41) is 2.50. The van der Waals surface area contributed by atoms with E-state index in [1.54, 1.807) is 0 Å². The highest BCUT2D eigenvalue weighted by atomic mass is 32.2. The van der Waals surface area contributed by atoms with Crippen LogP contribution >= 0.6 is 0 Å². The van der Waals surface area contributed by atoms with Gasteiger partial charge in [0.1, 0.15) is 9.84 Å². The van der Waals surface area contributed by atoms with Crippen molar-refractivity contribution in [2.75, 3.05) is 31.5 Å². The van der Waals surface area contributed by atoms with Gasteiger partial charge in [-0.1, -0.05) is 12.1 Å². The van der Waals surface area contributed by atoms with Crippen molar-refractivity contribution in [2.24, 2.45) is 0 Å². The quantitative estimate of drug-likeness (QED) is 0.643. The van der Waals surface area contributed by atoms with Gasteiger partial charge in [0, 0.05) is 13.2 Å². The van der Waals surface area contributed by atoms with Crippen LogP contribution < -0.4 is 14.8 Å². The van der Waals surface area contributed by atoms with Crippen molar-refractivity contribution < 1.29 is 36.4 Å². The van der Waals surface area contributed by atoms with Crippen molar-refractivity contribution in [1.29, 1.82) is 0 Å². The fourth-order valence-corrected chi connectivity index (χ4v) is 4.38. The van der Waals surface area contributed by atoms with E-state index in [0.29, 0.717) is 0 Å². The van der Waals surface area contributed by atoms with E-state index >= 15 is 0 Å². The van der Waals surface area contributed by atoms with Crippen LogP contribution in [0.15, 0.2) is 36.4 Å². The molecule has 1 unspecified atom stereocenters. The Morgan fingerprint density at radius 3 is 2.52 bits per heavy atom. The Labute approximate surface area is 184 Å². The average molecular weight is 449 g/mol. The molecule has 1 N–H and O–H groups in total. The third-order valence-corrected chi connectivity index (χ3v) is 5.63. The third-order valence-electron chi connectivity index (χ3n) is 4.71. The summed E-state index contributed by atoms with van der Waals surface area (Å²) in [4.78, 5) is 38.9. The Morgan fingerprint density at radius 1 is 1.16 bits per heavy atom. The zero-order chi connectivity index (χ0) is 25.4. The highest BCUT2D eigenvalue weighted by molar-refractivity contribution is 7.90. The van der Waals surface area contributed by atoms with Crippen LogP contribution in [-0.2, 0) is 14.6 Å². The van der Waals surface area contributed by atoms with Crippen LogP contribution in [0.1, 0.15) is 43.4 Å². The van der Waals surface area contributed by atoms with Gasteiger partial charge in [0.2, 0.25) is 5.91 Å². The van der Waals surface area contributed by atoms with E-state index in [1.807, 2.05) is 0 Å². The number of carbonyl (C=O) groups excluding carboxylic acids is 3. The molecule has 164 valence electrons. The second-order valence-corrected chi connectivity index (χ2v) is 9.20. The number of nitrogens with one attached hydrogen (secondary N) is 1. The lowest BCUT2D eigenvalue weighted by Gasteiger charge is -2.26. The first-order valence-corrected chi connectivity index (χ1v) is 11.1. The molecule has 1 aliphatic heterocycles. The Balaban J connectivity index is 2.11. The summed E-state index contributed by atoms with van der Waals surface area (Å²) in [6.45, 7) is 1.25. The number of methoxy groups -OCH3 is 2. The lowest BCUT2D eigenvalue weighted by Crippen LogP contribution is -2.37. The number of nitrogens with zero attached hydrogens (tertiary/aromatic N) is 1. The molecule has 10 heteroatoms. The summed E-state index contributed by atoms with van der Waals surface area (Å²) in [5.74, 6) is -2.71. The van der Waals surface area contributed by atoms with Gasteiger partial charge in [-0.2, -0.15) is 0 Å². The molecule has 0 saturated carbocycles. The number of hydrogen-bond acceptors (Lipinski definition) is 7. The van der Waals surface area contributed by atoms with Crippen molar-refractivity contribution in [2.45, 2.75) is 13.0 Å². The minimum absolute atomic E-state index is 0.0177. The normalized spacial score (nSPS) is 16.1. The molecular formula is C21H22N2O7S. The first-order chi connectivity index (χ1) is 15.7. The molecule has 0 saturated heterocycles. The highest BCUT2D eigenvalue weighted by Gasteiger charge is 2.43. The molecule has 0 spiro atoms. The summed E-state index contributed by atoms with van der Waals surface area (Å²) < 4.78 is 56.4. The van der Waals surface area contributed by atoms with Gasteiger partial charge in [-0.25, -0.2) is 8.42 Å². The Hall–Kier alpha value is -3.40. The van der Waals surface area contributed by atoms with E-state index in [9.17, 15) is 22.8 Å². The molecule has 1 aliphatic rings. The molecular weight excluding hydrogens is 424 g/mol.